The maximum atomic E-state index is 4.61. The summed E-state index contributed by atoms with van der Waals surface area (Å²) in [7, 11) is 0. The van der Waals surface area contributed by atoms with E-state index in [9.17, 15) is 0 Å². The molecule has 1 aromatic heterocycles. The number of hydrogen-bond donors (Lipinski definition) is 2. The summed E-state index contributed by atoms with van der Waals surface area (Å²) in [6.45, 7) is 4.07. The molecular weight excluding hydrogens is 340 g/mol. The van der Waals surface area contributed by atoms with Crippen LogP contribution in [0.5, 0.6) is 0 Å². The summed E-state index contributed by atoms with van der Waals surface area (Å²) in [4.78, 5) is 9.10. The molecule has 3 rings (SSSR count). The van der Waals surface area contributed by atoms with Gasteiger partial charge in [0.15, 0.2) is 0 Å². The van der Waals surface area contributed by atoms with Crippen LogP contribution in [0.25, 0.3) is 0 Å². The van der Waals surface area contributed by atoms with Gasteiger partial charge in [0.2, 0.25) is 5.95 Å². The zero-order valence-corrected chi connectivity index (χ0v) is 14.6. The largest absolute Gasteiger partial charge is 0.367 e. The van der Waals surface area contributed by atoms with Gasteiger partial charge in [0.25, 0.3) is 0 Å². The quantitative estimate of drug-likeness (QED) is 0.809. The van der Waals surface area contributed by atoms with Crippen molar-refractivity contribution in [3.63, 3.8) is 0 Å². The molecule has 4 nitrogen and oxygen atoms in total. The van der Waals surface area contributed by atoms with Gasteiger partial charge < -0.3 is 10.6 Å². The van der Waals surface area contributed by atoms with Crippen molar-refractivity contribution >= 4 is 33.4 Å². The van der Waals surface area contributed by atoms with E-state index < -0.39 is 0 Å². The van der Waals surface area contributed by atoms with Crippen LogP contribution >= 0.6 is 15.9 Å². The molecule has 1 saturated carbocycles. The predicted octanol–water partition coefficient (Wildman–Crippen LogP) is 4.95. The lowest BCUT2D eigenvalue weighted by Crippen LogP contribution is -2.16. The van der Waals surface area contributed by atoms with Crippen molar-refractivity contribution in [1.82, 2.24) is 9.97 Å². The molecule has 0 bridgehead atoms. The number of aryl methyl sites for hydroxylation is 2. The molecule has 1 aromatic carbocycles. The van der Waals surface area contributed by atoms with Crippen LogP contribution in [0, 0.1) is 13.8 Å². The molecule has 116 valence electrons. The molecule has 1 fully saturated rings. The number of nitrogens with one attached hydrogen (secondary N) is 2. The number of hydrogen-bond acceptors (Lipinski definition) is 4. The zero-order valence-electron chi connectivity index (χ0n) is 13.0. The van der Waals surface area contributed by atoms with Crippen LogP contribution in [0.4, 0.5) is 17.5 Å². The Hall–Kier alpha value is -1.62. The van der Waals surface area contributed by atoms with Crippen LogP contribution in [0.3, 0.4) is 0 Å². The summed E-state index contributed by atoms with van der Waals surface area (Å²) in [5.41, 5.74) is 3.15. The highest BCUT2D eigenvalue weighted by atomic mass is 79.9. The molecule has 1 heterocycles. The summed E-state index contributed by atoms with van der Waals surface area (Å²) in [5.74, 6) is 1.56. The van der Waals surface area contributed by atoms with Crippen LogP contribution < -0.4 is 10.6 Å². The number of anilines is 3. The van der Waals surface area contributed by atoms with Crippen LogP contribution in [-0.4, -0.2) is 16.0 Å². The Bertz CT molecular complexity index is 666. The second-order valence-electron chi connectivity index (χ2n) is 5.93. The van der Waals surface area contributed by atoms with Crippen molar-refractivity contribution < 1.29 is 0 Å². The second kappa shape index (κ2) is 6.65. The molecule has 0 amide bonds. The van der Waals surface area contributed by atoms with Gasteiger partial charge in [-0.25, -0.2) is 4.98 Å². The molecule has 0 aliphatic heterocycles. The summed E-state index contributed by atoms with van der Waals surface area (Å²) in [6.07, 6.45) is 5.09. The third-order valence-electron chi connectivity index (χ3n) is 4.00. The molecule has 0 atom stereocenters. The minimum atomic E-state index is 0.552. The molecule has 0 saturated heterocycles. The molecule has 22 heavy (non-hydrogen) atoms. The molecule has 1 aliphatic rings. The number of benzene rings is 1. The van der Waals surface area contributed by atoms with Gasteiger partial charge in [0, 0.05) is 28.0 Å². The third kappa shape index (κ3) is 3.77. The Balaban J connectivity index is 1.79. The van der Waals surface area contributed by atoms with Crippen molar-refractivity contribution in [1.29, 1.82) is 0 Å². The predicted molar refractivity (Wildman–Crippen MR) is 94.8 cm³/mol. The Morgan fingerprint density at radius 3 is 2.59 bits per heavy atom. The average molecular weight is 361 g/mol. The fourth-order valence-electron chi connectivity index (χ4n) is 2.87. The molecule has 2 N–H and O–H groups in total. The van der Waals surface area contributed by atoms with Crippen molar-refractivity contribution in [2.45, 2.75) is 45.6 Å². The molecule has 0 spiro atoms. The van der Waals surface area contributed by atoms with Gasteiger partial charge in [0.05, 0.1) is 0 Å². The summed E-state index contributed by atoms with van der Waals surface area (Å²) >= 11 is 3.48. The first-order valence-corrected chi connectivity index (χ1v) is 8.55. The van der Waals surface area contributed by atoms with Gasteiger partial charge in [-0.3, -0.25) is 0 Å². The summed E-state index contributed by atoms with van der Waals surface area (Å²) in [6, 6.07) is 8.70. The van der Waals surface area contributed by atoms with Gasteiger partial charge in [-0.05, 0) is 50.5 Å². The molecule has 5 heteroatoms. The first kappa shape index (κ1) is 15.3. The fourth-order valence-corrected chi connectivity index (χ4v) is 3.34. The highest BCUT2D eigenvalue weighted by Gasteiger charge is 2.15. The number of nitrogens with zero attached hydrogens (tertiary/aromatic N) is 2. The Kier molecular flexibility index (Phi) is 4.62. The molecule has 1 aliphatic carbocycles. The maximum absolute atomic E-state index is 4.61. The van der Waals surface area contributed by atoms with E-state index in [1.165, 1.54) is 25.7 Å². The Labute approximate surface area is 139 Å². The lowest BCUT2D eigenvalue weighted by Gasteiger charge is -2.15. The van der Waals surface area contributed by atoms with E-state index in [0.717, 1.165) is 27.2 Å². The zero-order chi connectivity index (χ0) is 15.5. The lowest BCUT2D eigenvalue weighted by molar-refractivity contribution is 0.749. The third-order valence-corrected chi connectivity index (χ3v) is 4.49. The monoisotopic (exact) mass is 360 g/mol. The van der Waals surface area contributed by atoms with Crippen molar-refractivity contribution in [3.8, 4) is 0 Å². The van der Waals surface area contributed by atoms with Gasteiger partial charge in [0.1, 0.15) is 5.82 Å². The van der Waals surface area contributed by atoms with E-state index >= 15 is 0 Å². The number of aromatic nitrogens is 2. The standard InChI is InChI=1S/C17H21BrN4/c1-11-9-13(18)7-8-15(11)21-17-19-12(2)10-16(22-17)20-14-5-3-4-6-14/h7-10,14H,3-6H2,1-2H3,(H2,19,20,21,22). The lowest BCUT2D eigenvalue weighted by atomic mass is 10.2. The Morgan fingerprint density at radius 1 is 1.09 bits per heavy atom. The Morgan fingerprint density at radius 2 is 1.86 bits per heavy atom. The van der Waals surface area contributed by atoms with E-state index in [1.807, 2.05) is 25.1 Å². The number of rotatable bonds is 4. The van der Waals surface area contributed by atoms with E-state index in [0.29, 0.717) is 12.0 Å². The molecular formula is C17H21BrN4. The van der Waals surface area contributed by atoms with Crippen LogP contribution in [0.1, 0.15) is 36.9 Å². The van der Waals surface area contributed by atoms with Gasteiger partial charge in [-0.15, -0.1) is 0 Å². The SMILES string of the molecule is Cc1cc(NC2CCCC2)nc(Nc2ccc(Br)cc2C)n1. The van der Waals surface area contributed by atoms with E-state index in [2.05, 4.69) is 49.5 Å². The normalized spacial score (nSPS) is 15.0. The smallest absolute Gasteiger partial charge is 0.229 e. The van der Waals surface area contributed by atoms with E-state index in [1.54, 1.807) is 0 Å². The highest BCUT2D eigenvalue weighted by Crippen LogP contribution is 2.25. The topological polar surface area (TPSA) is 49.8 Å². The first-order valence-electron chi connectivity index (χ1n) is 7.75. The second-order valence-corrected chi connectivity index (χ2v) is 6.84. The van der Waals surface area contributed by atoms with Gasteiger partial charge in [-0.1, -0.05) is 28.8 Å². The average Bonchev–Trinajstić information content (AvgIpc) is 2.94. The number of halogens is 1. The molecule has 0 radical (unpaired) electrons. The fraction of sp³-hybridized carbons (Fsp3) is 0.412. The van der Waals surface area contributed by atoms with Crippen LogP contribution in [0.2, 0.25) is 0 Å². The molecule has 0 unspecified atom stereocenters. The van der Waals surface area contributed by atoms with Crippen molar-refractivity contribution in [2.75, 3.05) is 10.6 Å². The minimum Gasteiger partial charge on any atom is -0.367 e. The first-order chi connectivity index (χ1) is 10.6. The van der Waals surface area contributed by atoms with Gasteiger partial charge >= 0.3 is 0 Å². The van der Waals surface area contributed by atoms with E-state index in [-0.39, 0.29) is 0 Å². The van der Waals surface area contributed by atoms with Gasteiger partial charge in [-0.2, -0.15) is 4.98 Å². The van der Waals surface area contributed by atoms with Crippen molar-refractivity contribution in [2.24, 2.45) is 0 Å². The minimum absolute atomic E-state index is 0.552. The van der Waals surface area contributed by atoms with Crippen LogP contribution in [-0.2, 0) is 0 Å². The molecule has 2 aromatic rings. The van der Waals surface area contributed by atoms with E-state index in [4.69, 9.17) is 0 Å². The maximum Gasteiger partial charge on any atom is 0.229 e. The van der Waals surface area contributed by atoms with Crippen LogP contribution in [0.15, 0.2) is 28.7 Å². The summed E-state index contributed by atoms with van der Waals surface area (Å²) in [5, 5.41) is 6.86. The van der Waals surface area contributed by atoms with Crippen molar-refractivity contribution in [3.05, 3.63) is 40.0 Å². The summed E-state index contributed by atoms with van der Waals surface area (Å²) < 4.78 is 1.07. The highest BCUT2D eigenvalue weighted by molar-refractivity contribution is 9.10.